The molecule has 0 heterocycles. The van der Waals surface area contributed by atoms with E-state index in [2.05, 4.69) is 146 Å². The summed E-state index contributed by atoms with van der Waals surface area (Å²) >= 11 is 0. The summed E-state index contributed by atoms with van der Waals surface area (Å²) in [6.07, 6.45) is 0.990. The lowest BCUT2D eigenvalue weighted by molar-refractivity contribution is 1.41. The third-order valence-corrected chi connectivity index (χ3v) is 11.2. The van der Waals surface area contributed by atoms with Crippen LogP contribution in [0.25, 0.3) is 21.5 Å². The molecule has 0 saturated carbocycles. The highest BCUT2D eigenvalue weighted by Gasteiger charge is 2.45. The zero-order chi connectivity index (χ0) is 22.8. The lowest BCUT2D eigenvalue weighted by Crippen LogP contribution is -2.32. The Hall–Kier alpha value is -3.73. The molecule has 0 aliphatic rings. The van der Waals surface area contributed by atoms with E-state index in [9.17, 15) is 0 Å². The normalized spacial score (nSPS) is 11.6. The van der Waals surface area contributed by atoms with Gasteiger partial charge in [-0.15, -0.1) is 0 Å². The van der Waals surface area contributed by atoms with Gasteiger partial charge in [0.2, 0.25) is 0 Å². The molecule has 34 heavy (non-hydrogen) atoms. The van der Waals surface area contributed by atoms with Crippen LogP contribution in [0.2, 0.25) is 0 Å². The van der Waals surface area contributed by atoms with E-state index in [-0.39, 0.29) is 0 Å². The lowest BCUT2D eigenvalue weighted by atomic mass is 10.0. The Labute approximate surface area is 201 Å². The maximum absolute atomic E-state index is 2.43. The van der Waals surface area contributed by atoms with Crippen LogP contribution in [0.3, 0.4) is 0 Å². The summed E-state index contributed by atoms with van der Waals surface area (Å²) in [5, 5.41) is 9.52. The summed E-state index contributed by atoms with van der Waals surface area (Å²) in [5.74, 6) is 0. The summed E-state index contributed by atoms with van der Waals surface area (Å²) < 4.78 is 0. The SMILES string of the molecule is c1ccc([P+](Cc2ccc3ccc4ccccc4c3c2)(c2ccccc2)c2ccccc2)cc1. The average molecular weight is 454 g/mol. The fourth-order valence-electron chi connectivity index (χ4n) is 5.19. The topological polar surface area (TPSA) is 0 Å². The van der Waals surface area contributed by atoms with Gasteiger partial charge in [-0.3, -0.25) is 0 Å². The molecular weight excluding hydrogens is 427 g/mol. The standard InChI is InChI=1S/C33H26P/c1-4-13-29(14-5-1)34(30-15-6-2-7-16-30,31-17-8-3-9-18-31)25-26-20-21-28-23-22-27-12-10-11-19-32(27)33(28)24-26/h1-24H,25H2/q+1. The quantitative estimate of drug-likeness (QED) is 0.187. The minimum absolute atomic E-state index is 0.990. The van der Waals surface area contributed by atoms with Crippen molar-refractivity contribution in [1.82, 2.24) is 0 Å². The predicted molar refractivity (Wildman–Crippen MR) is 150 cm³/mol. The highest BCUT2D eigenvalue weighted by Crippen LogP contribution is 2.58. The highest BCUT2D eigenvalue weighted by atomic mass is 31.2. The molecule has 6 aromatic rings. The number of hydrogen-bond acceptors (Lipinski definition) is 0. The van der Waals surface area contributed by atoms with E-state index >= 15 is 0 Å². The molecule has 0 atom stereocenters. The second-order valence-corrected chi connectivity index (χ2v) is 12.3. The minimum Gasteiger partial charge on any atom is -0.0620 e. The van der Waals surface area contributed by atoms with Crippen LogP contribution in [-0.4, -0.2) is 0 Å². The highest BCUT2D eigenvalue weighted by molar-refractivity contribution is 7.95. The summed E-state index contributed by atoms with van der Waals surface area (Å²) in [5.41, 5.74) is 1.38. The van der Waals surface area contributed by atoms with Crippen molar-refractivity contribution in [3.05, 3.63) is 151 Å². The summed E-state index contributed by atoms with van der Waals surface area (Å²) in [4.78, 5) is 0. The Kier molecular flexibility index (Phi) is 5.46. The van der Waals surface area contributed by atoms with Gasteiger partial charge in [-0.2, -0.15) is 0 Å². The third-order valence-electron chi connectivity index (χ3n) is 6.82. The molecule has 6 rings (SSSR count). The van der Waals surface area contributed by atoms with E-state index in [1.54, 1.807) is 0 Å². The van der Waals surface area contributed by atoms with Crippen LogP contribution in [0, 0.1) is 0 Å². The van der Waals surface area contributed by atoms with Crippen LogP contribution in [0.1, 0.15) is 5.56 Å². The first kappa shape index (κ1) is 20.8. The zero-order valence-corrected chi connectivity index (χ0v) is 19.9. The Bertz CT molecular complexity index is 1460. The van der Waals surface area contributed by atoms with Gasteiger partial charge in [0.15, 0.2) is 0 Å². The van der Waals surface area contributed by atoms with Gasteiger partial charge in [-0.1, -0.05) is 103 Å². The molecule has 0 aromatic heterocycles. The molecule has 6 aromatic carbocycles. The van der Waals surface area contributed by atoms with Gasteiger partial charge in [-0.05, 0) is 69.6 Å². The monoisotopic (exact) mass is 453 g/mol. The van der Waals surface area contributed by atoms with Crippen LogP contribution >= 0.6 is 7.26 Å². The Morgan fingerprint density at radius 2 is 0.824 bits per heavy atom. The largest absolute Gasteiger partial charge is 0.116 e. The van der Waals surface area contributed by atoms with E-state index in [4.69, 9.17) is 0 Å². The molecule has 0 unspecified atom stereocenters. The Morgan fingerprint density at radius 3 is 1.38 bits per heavy atom. The van der Waals surface area contributed by atoms with Crippen LogP contribution in [-0.2, 0) is 6.16 Å². The second-order valence-electron chi connectivity index (χ2n) is 8.82. The Balaban J connectivity index is 1.61. The van der Waals surface area contributed by atoms with Crippen LogP contribution < -0.4 is 15.9 Å². The molecule has 0 spiro atoms. The molecule has 0 radical (unpaired) electrons. The third kappa shape index (κ3) is 3.61. The van der Waals surface area contributed by atoms with E-state index in [1.165, 1.54) is 43.0 Å². The first-order chi connectivity index (χ1) is 16.8. The van der Waals surface area contributed by atoms with Crippen molar-refractivity contribution >= 4 is 44.7 Å². The molecule has 1 heteroatoms. The summed E-state index contributed by atoms with van der Waals surface area (Å²) in [6, 6.07) is 53.7. The molecule has 0 amide bonds. The van der Waals surface area contributed by atoms with Crippen LogP contribution in [0.15, 0.2) is 146 Å². The smallest absolute Gasteiger partial charge is 0.0620 e. The van der Waals surface area contributed by atoms with Gasteiger partial charge < -0.3 is 0 Å². The molecule has 0 fully saturated rings. The van der Waals surface area contributed by atoms with Crippen molar-refractivity contribution in [2.45, 2.75) is 6.16 Å². The molecule has 0 N–H and O–H groups in total. The number of fused-ring (bicyclic) bond motifs is 3. The van der Waals surface area contributed by atoms with E-state index in [0.29, 0.717) is 0 Å². The first-order valence-corrected chi connectivity index (χ1v) is 13.8. The summed E-state index contributed by atoms with van der Waals surface area (Å²) in [6.45, 7) is 0. The molecule has 162 valence electrons. The van der Waals surface area contributed by atoms with Crippen molar-refractivity contribution in [3.63, 3.8) is 0 Å². The number of benzene rings is 6. The fourth-order valence-corrected chi connectivity index (χ4v) is 9.42. The van der Waals surface area contributed by atoms with Gasteiger partial charge in [0, 0.05) is 0 Å². The van der Waals surface area contributed by atoms with E-state index in [0.717, 1.165) is 6.16 Å². The average Bonchev–Trinajstić information content (AvgIpc) is 2.93. The van der Waals surface area contributed by atoms with Crippen molar-refractivity contribution in [2.75, 3.05) is 0 Å². The maximum Gasteiger partial charge on any atom is 0.116 e. The van der Waals surface area contributed by atoms with Gasteiger partial charge in [-0.25, -0.2) is 0 Å². The van der Waals surface area contributed by atoms with Crippen molar-refractivity contribution in [2.24, 2.45) is 0 Å². The van der Waals surface area contributed by atoms with Crippen LogP contribution in [0.4, 0.5) is 0 Å². The molecule has 0 saturated heterocycles. The van der Waals surface area contributed by atoms with Gasteiger partial charge >= 0.3 is 0 Å². The number of hydrogen-bond donors (Lipinski definition) is 0. The van der Waals surface area contributed by atoms with Crippen LogP contribution in [0.5, 0.6) is 0 Å². The van der Waals surface area contributed by atoms with Gasteiger partial charge in [0.1, 0.15) is 23.2 Å². The molecule has 0 aliphatic heterocycles. The van der Waals surface area contributed by atoms with Gasteiger partial charge in [0.25, 0.3) is 0 Å². The molecule has 0 bridgehead atoms. The van der Waals surface area contributed by atoms with E-state index < -0.39 is 7.26 Å². The van der Waals surface area contributed by atoms with Crippen molar-refractivity contribution in [1.29, 1.82) is 0 Å². The maximum atomic E-state index is 2.43. The van der Waals surface area contributed by atoms with Crippen molar-refractivity contribution in [3.8, 4) is 0 Å². The van der Waals surface area contributed by atoms with Crippen molar-refractivity contribution < 1.29 is 0 Å². The Morgan fingerprint density at radius 1 is 0.382 bits per heavy atom. The second kappa shape index (κ2) is 8.90. The molecular formula is C33H26P+. The number of rotatable bonds is 5. The molecule has 0 aliphatic carbocycles. The van der Waals surface area contributed by atoms with E-state index in [1.807, 2.05) is 0 Å². The summed E-state index contributed by atoms with van der Waals surface area (Å²) in [7, 11) is -1.91. The first-order valence-electron chi connectivity index (χ1n) is 11.8. The molecule has 0 nitrogen and oxygen atoms in total. The van der Waals surface area contributed by atoms with Gasteiger partial charge in [0.05, 0.1) is 6.16 Å². The minimum atomic E-state index is -1.91. The zero-order valence-electron chi connectivity index (χ0n) is 19.0. The predicted octanol–water partition coefficient (Wildman–Crippen LogP) is 7.49. The fraction of sp³-hybridized carbons (Fsp3) is 0.0303. The lowest BCUT2D eigenvalue weighted by Gasteiger charge is -2.28.